The molecular formula is C17H15ClF3NO4. The molecule has 0 fully saturated rings. The van der Waals surface area contributed by atoms with Crippen molar-refractivity contribution in [1.82, 2.24) is 5.32 Å². The van der Waals surface area contributed by atoms with E-state index in [4.69, 9.17) is 16.0 Å². The Morgan fingerprint density at radius 3 is 2.50 bits per heavy atom. The molecule has 26 heavy (non-hydrogen) atoms. The predicted molar refractivity (Wildman–Crippen MR) is 86.7 cm³/mol. The maximum Gasteiger partial charge on any atom is 0.432 e. The van der Waals surface area contributed by atoms with Gasteiger partial charge in [0.2, 0.25) is 0 Å². The SMILES string of the molecule is Cc1ccc([C@H](OC(=O)CCNC(=O)c2ccccc2Cl)C(F)(F)F)o1. The molecule has 1 N–H and O–H groups in total. The fourth-order valence-corrected chi connectivity index (χ4v) is 2.31. The number of amides is 1. The molecule has 0 aliphatic carbocycles. The van der Waals surface area contributed by atoms with E-state index in [0.717, 1.165) is 6.07 Å². The lowest BCUT2D eigenvalue weighted by Crippen LogP contribution is -2.29. The van der Waals surface area contributed by atoms with Crippen LogP contribution in [0.4, 0.5) is 13.2 Å². The lowest BCUT2D eigenvalue weighted by molar-refractivity contribution is -0.228. The van der Waals surface area contributed by atoms with Crippen molar-refractivity contribution < 1.29 is 31.9 Å². The number of halogens is 4. The zero-order chi connectivity index (χ0) is 19.3. The van der Waals surface area contributed by atoms with E-state index in [-0.39, 0.29) is 22.9 Å². The van der Waals surface area contributed by atoms with Crippen molar-refractivity contribution in [3.63, 3.8) is 0 Å². The van der Waals surface area contributed by atoms with Crippen LogP contribution in [0, 0.1) is 6.92 Å². The first-order valence-electron chi connectivity index (χ1n) is 7.53. The first kappa shape index (κ1) is 19.8. The fourth-order valence-electron chi connectivity index (χ4n) is 2.09. The number of esters is 1. The minimum absolute atomic E-state index is 0.196. The van der Waals surface area contributed by atoms with Crippen LogP contribution in [0.2, 0.25) is 5.02 Å². The number of rotatable bonds is 6. The molecular weight excluding hydrogens is 375 g/mol. The zero-order valence-electron chi connectivity index (χ0n) is 13.6. The van der Waals surface area contributed by atoms with Gasteiger partial charge in [-0.25, -0.2) is 0 Å². The molecule has 1 aromatic carbocycles. The van der Waals surface area contributed by atoms with Gasteiger partial charge in [-0.15, -0.1) is 0 Å². The summed E-state index contributed by atoms with van der Waals surface area (Å²) < 4.78 is 48.6. The zero-order valence-corrected chi connectivity index (χ0v) is 14.4. The normalized spacial score (nSPS) is 12.5. The Kier molecular flexibility index (Phi) is 6.31. The van der Waals surface area contributed by atoms with Crippen LogP contribution >= 0.6 is 11.6 Å². The van der Waals surface area contributed by atoms with Crippen molar-refractivity contribution in [2.45, 2.75) is 25.6 Å². The number of furan rings is 1. The van der Waals surface area contributed by atoms with Crippen molar-refractivity contribution in [3.05, 3.63) is 58.5 Å². The van der Waals surface area contributed by atoms with E-state index in [1.54, 1.807) is 12.1 Å². The Balaban J connectivity index is 1.90. The molecule has 140 valence electrons. The van der Waals surface area contributed by atoms with Gasteiger partial charge in [0.15, 0.2) is 5.76 Å². The standard InChI is InChI=1S/C17H15ClF3NO4/c1-10-6-7-13(25-10)15(17(19,20)21)26-14(23)8-9-22-16(24)11-4-2-3-5-12(11)18/h2-7,15H,8-9H2,1H3,(H,22,24)/t15-/m0/s1. The van der Waals surface area contributed by atoms with Gasteiger partial charge in [0.25, 0.3) is 12.0 Å². The van der Waals surface area contributed by atoms with E-state index >= 15 is 0 Å². The van der Waals surface area contributed by atoms with Crippen molar-refractivity contribution in [2.24, 2.45) is 0 Å². The molecule has 0 spiro atoms. The first-order chi connectivity index (χ1) is 12.2. The summed E-state index contributed by atoms with van der Waals surface area (Å²) in [5.74, 6) is -1.92. The number of carbonyl (C=O) groups is 2. The fraction of sp³-hybridized carbons (Fsp3) is 0.294. The molecule has 2 aromatic rings. The topological polar surface area (TPSA) is 68.5 Å². The second kappa shape index (κ2) is 8.27. The Morgan fingerprint density at radius 2 is 1.92 bits per heavy atom. The highest BCUT2D eigenvalue weighted by Crippen LogP contribution is 2.36. The van der Waals surface area contributed by atoms with Gasteiger partial charge in [0.1, 0.15) is 5.76 Å². The molecule has 5 nitrogen and oxygen atoms in total. The largest absolute Gasteiger partial charge is 0.462 e. The van der Waals surface area contributed by atoms with E-state index in [1.165, 1.54) is 25.1 Å². The van der Waals surface area contributed by atoms with Gasteiger partial charge in [0, 0.05) is 6.54 Å². The minimum atomic E-state index is -4.82. The second-order valence-electron chi connectivity index (χ2n) is 5.35. The molecule has 1 atom stereocenters. The molecule has 0 bridgehead atoms. The van der Waals surface area contributed by atoms with Crippen LogP contribution in [-0.2, 0) is 9.53 Å². The van der Waals surface area contributed by atoms with Gasteiger partial charge < -0.3 is 14.5 Å². The summed E-state index contributed by atoms with van der Waals surface area (Å²) >= 11 is 5.86. The molecule has 0 saturated carbocycles. The average Bonchev–Trinajstić information content (AvgIpc) is 2.97. The van der Waals surface area contributed by atoms with Crippen LogP contribution in [0.25, 0.3) is 0 Å². The van der Waals surface area contributed by atoms with Gasteiger partial charge in [-0.05, 0) is 31.2 Å². The van der Waals surface area contributed by atoms with Crippen LogP contribution in [-0.4, -0.2) is 24.6 Å². The van der Waals surface area contributed by atoms with Gasteiger partial charge >= 0.3 is 12.1 Å². The van der Waals surface area contributed by atoms with Crippen LogP contribution in [0.3, 0.4) is 0 Å². The third kappa shape index (κ3) is 5.26. The number of aryl methyl sites for hydroxylation is 1. The Hall–Kier alpha value is -2.48. The van der Waals surface area contributed by atoms with E-state index in [9.17, 15) is 22.8 Å². The third-order valence-electron chi connectivity index (χ3n) is 3.30. The number of ether oxygens (including phenoxy) is 1. The van der Waals surface area contributed by atoms with Crippen molar-refractivity contribution in [2.75, 3.05) is 6.54 Å². The van der Waals surface area contributed by atoms with E-state index < -0.39 is 36.3 Å². The van der Waals surface area contributed by atoms with Crippen molar-refractivity contribution in [3.8, 4) is 0 Å². The molecule has 0 aliphatic heterocycles. The van der Waals surface area contributed by atoms with Crippen molar-refractivity contribution in [1.29, 1.82) is 0 Å². The lowest BCUT2D eigenvalue weighted by Gasteiger charge is -2.18. The third-order valence-corrected chi connectivity index (χ3v) is 3.63. The van der Waals surface area contributed by atoms with E-state index in [2.05, 4.69) is 10.1 Å². The Morgan fingerprint density at radius 1 is 1.23 bits per heavy atom. The monoisotopic (exact) mass is 389 g/mol. The first-order valence-corrected chi connectivity index (χ1v) is 7.91. The number of carbonyl (C=O) groups excluding carboxylic acids is 2. The summed E-state index contributed by atoms with van der Waals surface area (Å²) in [5, 5.41) is 2.62. The number of hydrogen-bond acceptors (Lipinski definition) is 4. The van der Waals surface area contributed by atoms with Crippen LogP contribution in [0.5, 0.6) is 0 Å². The maximum absolute atomic E-state index is 13.1. The highest BCUT2D eigenvalue weighted by atomic mass is 35.5. The highest BCUT2D eigenvalue weighted by molar-refractivity contribution is 6.33. The van der Waals surface area contributed by atoms with Crippen molar-refractivity contribution >= 4 is 23.5 Å². The molecule has 1 heterocycles. The van der Waals surface area contributed by atoms with Crippen LogP contribution < -0.4 is 5.32 Å². The van der Waals surface area contributed by atoms with Gasteiger partial charge in [-0.3, -0.25) is 9.59 Å². The number of hydrogen-bond donors (Lipinski definition) is 1. The molecule has 9 heteroatoms. The Labute approximate surface area is 152 Å². The van der Waals surface area contributed by atoms with Gasteiger partial charge in [-0.2, -0.15) is 13.2 Å². The Bertz CT molecular complexity index is 788. The summed E-state index contributed by atoms with van der Waals surface area (Å²) in [7, 11) is 0. The highest BCUT2D eigenvalue weighted by Gasteiger charge is 2.46. The summed E-state index contributed by atoms with van der Waals surface area (Å²) in [4.78, 5) is 23.6. The minimum Gasteiger partial charge on any atom is -0.462 e. The summed E-state index contributed by atoms with van der Waals surface area (Å²) in [6.45, 7) is 1.27. The maximum atomic E-state index is 13.1. The quantitative estimate of drug-likeness (QED) is 0.751. The summed E-state index contributed by atoms with van der Waals surface area (Å²) in [5.41, 5.74) is 0.196. The summed E-state index contributed by atoms with van der Waals surface area (Å²) in [6.07, 6.45) is -7.76. The second-order valence-corrected chi connectivity index (χ2v) is 5.75. The van der Waals surface area contributed by atoms with Crippen LogP contribution in [0.1, 0.15) is 34.4 Å². The van der Waals surface area contributed by atoms with Crippen LogP contribution in [0.15, 0.2) is 40.8 Å². The number of benzene rings is 1. The molecule has 0 saturated heterocycles. The molecule has 0 unspecified atom stereocenters. The molecule has 0 radical (unpaired) electrons. The van der Waals surface area contributed by atoms with E-state index in [1.807, 2.05) is 0 Å². The smallest absolute Gasteiger partial charge is 0.432 e. The lowest BCUT2D eigenvalue weighted by atomic mass is 10.2. The van der Waals surface area contributed by atoms with Gasteiger partial charge in [-0.1, -0.05) is 23.7 Å². The average molecular weight is 390 g/mol. The summed E-state index contributed by atoms with van der Waals surface area (Å²) in [6, 6.07) is 8.68. The molecule has 0 aliphatic rings. The predicted octanol–water partition coefficient (Wildman–Crippen LogP) is 4.21. The molecule has 1 aromatic heterocycles. The number of nitrogens with one attached hydrogen (secondary N) is 1. The molecule has 2 rings (SSSR count). The van der Waals surface area contributed by atoms with E-state index in [0.29, 0.717) is 0 Å². The molecule has 1 amide bonds. The van der Waals surface area contributed by atoms with Gasteiger partial charge in [0.05, 0.1) is 17.0 Å². The number of alkyl halides is 3.